The Morgan fingerprint density at radius 3 is 2.71 bits per heavy atom. The van der Waals surface area contributed by atoms with Gasteiger partial charge in [-0.25, -0.2) is 18.1 Å². The van der Waals surface area contributed by atoms with Crippen molar-refractivity contribution in [2.45, 2.75) is 31.2 Å². The second-order valence-electron chi connectivity index (χ2n) is 4.88. The van der Waals surface area contributed by atoms with Crippen molar-refractivity contribution >= 4 is 15.7 Å². The van der Waals surface area contributed by atoms with Gasteiger partial charge in [-0.2, -0.15) is 5.10 Å². The molecule has 114 valence electrons. The molecular formula is C13H19N5O2S. The Morgan fingerprint density at radius 2 is 2.05 bits per heavy atom. The highest BCUT2D eigenvalue weighted by Crippen LogP contribution is 2.20. The third kappa shape index (κ3) is 4.27. The average molecular weight is 309 g/mol. The number of benzene rings is 1. The van der Waals surface area contributed by atoms with E-state index in [4.69, 9.17) is 0 Å². The lowest BCUT2D eigenvalue weighted by atomic mass is 10.3. The van der Waals surface area contributed by atoms with Gasteiger partial charge >= 0.3 is 0 Å². The number of nitrogens with zero attached hydrogens (tertiary/aromatic N) is 2. The Kier molecular flexibility index (Phi) is 4.92. The van der Waals surface area contributed by atoms with Crippen LogP contribution in [-0.4, -0.2) is 36.2 Å². The monoisotopic (exact) mass is 309 g/mol. The van der Waals surface area contributed by atoms with E-state index in [1.54, 1.807) is 38.1 Å². The highest BCUT2D eigenvalue weighted by Gasteiger charge is 2.18. The number of aromatic nitrogens is 3. The molecule has 0 unspecified atom stereocenters. The van der Waals surface area contributed by atoms with Gasteiger partial charge < -0.3 is 5.32 Å². The normalized spacial score (nSPS) is 11.8. The summed E-state index contributed by atoms with van der Waals surface area (Å²) in [7, 11) is -3.52. The number of aromatic amines is 1. The van der Waals surface area contributed by atoms with Crippen molar-refractivity contribution in [2.75, 3.05) is 11.9 Å². The van der Waals surface area contributed by atoms with E-state index in [1.165, 1.54) is 6.33 Å². The van der Waals surface area contributed by atoms with E-state index >= 15 is 0 Å². The third-order valence-electron chi connectivity index (χ3n) is 2.71. The number of H-pyrrole nitrogens is 1. The Balaban J connectivity index is 2.09. The van der Waals surface area contributed by atoms with Gasteiger partial charge in [0.15, 0.2) is 0 Å². The first-order valence-corrected chi connectivity index (χ1v) is 8.17. The standard InChI is InChI=1S/C13H19N5O2S/c1-10(2)18-21(19,20)12-6-4-3-5-11(12)14-8-7-13-15-9-16-17-13/h3-6,9-10,14,18H,7-8H2,1-2H3,(H,15,16,17). The molecular weight excluding hydrogens is 290 g/mol. The number of anilines is 1. The lowest BCUT2D eigenvalue weighted by molar-refractivity contribution is 0.570. The molecule has 2 rings (SSSR count). The zero-order valence-corrected chi connectivity index (χ0v) is 12.8. The van der Waals surface area contributed by atoms with Crippen molar-refractivity contribution in [3.8, 4) is 0 Å². The highest BCUT2D eigenvalue weighted by atomic mass is 32.2. The first-order valence-electron chi connectivity index (χ1n) is 6.68. The topological polar surface area (TPSA) is 99.8 Å². The minimum absolute atomic E-state index is 0.155. The van der Waals surface area contributed by atoms with Gasteiger partial charge in [-0.15, -0.1) is 0 Å². The Morgan fingerprint density at radius 1 is 1.29 bits per heavy atom. The maximum atomic E-state index is 12.3. The van der Waals surface area contributed by atoms with Crippen LogP contribution in [0.15, 0.2) is 35.5 Å². The zero-order valence-electron chi connectivity index (χ0n) is 12.0. The number of sulfonamides is 1. The average Bonchev–Trinajstić information content (AvgIpc) is 2.91. The van der Waals surface area contributed by atoms with Crippen LogP contribution in [0.5, 0.6) is 0 Å². The van der Waals surface area contributed by atoms with E-state index in [9.17, 15) is 8.42 Å². The summed E-state index contributed by atoms with van der Waals surface area (Å²) in [6.45, 7) is 4.14. The predicted octanol–water partition coefficient (Wildman–Crippen LogP) is 1.15. The van der Waals surface area contributed by atoms with Gasteiger partial charge in [0.1, 0.15) is 17.0 Å². The van der Waals surface area contributed by atoms with Crippen molar-refractivity contribution in [1.29, 1.82) is 0 Å². The van der Waals surface area contributed by atoms with Gasteiger partial charge in [-0.05, 0) is 26.0 Å². The fourth-order valence-electron chi connectivity index (χ4n) is 1.89. The SMILES string of the molecule is CC(C)NS(=O)(=O)c1ccccc1NCCc1ncn[nH]1. The van der Waals surface area contributed by atoms with Gasteiger partial charge in [0.2, 0.25) is 10.0 Å². The van der Waals surface area contributed by atoms with Crippen molar-refractivity contribution < 1.29 is 8.42 Å². The smallest absolute Gasteiger partial charge is 0.242 e. The zero-order chi connectivity index (χ0) is 15.3. The number of hydrogen-bond acceptors (Lipinski definition) is 5. The van der Waals surface area contributed by atoms with E-state index in [-0.39, 0.29) is 10.9 Å². The minimum atomic E-state index is -3.52. The molecule has 0 radical (unpaired) electrons. The number of nitrogens with one attached hydrogen (secondary N) is 3. The van der Waals surface area contributed by atoms with Gasteiger partial charge in [-0.3, -0.25) is 5.10 Å². The summed E-state index contributed by atoms with van der Waals surface area (Å²) in [5, 5.41) is 9.65. The lowest BCUT2D eigenvalue weighted by Crippen LogP contribution is -2.30. The summed E-state index contributed by atoms with van der Waals surface area (Å²) >= 11 is 0. The second-order valence-corrected chi connectivity index (χ2v) is 6.56. The van der Waals surface area contributed by atoms with E-state index in [0.29, 0.717) is 18.7 Å². The van der Waals surface area contributed by atoms with Gasteiger partial charge in [0.25, 0.3) is 0 Å². The maximum Gasteiger partial charge on any atom is 0.242 e. The van der Waals surface area contributed by atoms with E-state index in [0.717, 1.165) is 5.82 Å². The molecule has 0 aliphatic heterocycles. The van der Waals surface area contributed by atoms with Crippen LogP contribution in [0.1, 0.15) is 19.7 Å². The molecule has 2 aromatic rings. The Bertz CT molecular complexity index is 668. The molecule has 0 bridgehead atoms. The molecule has 0 spiro atoms. The first kappa shape index (κ1) is 15.5. The van der Waals surface area contributed by atoms with Crippen molar-refractivity contribution in [3.63, 3.8) is 0 Å². The third-order valence-corrected chi connectivity index (χ3v) is 4.43. The van der Waals surface area contributed by atoms with Crippen LogP contribution in [0.2, 0.25) is 0 Å². The molecule has 0 saturated carbocycles. The van der Waals surface area contributed by atoms with Crippen LogP contribution in [-0.2, 0) is 16.4 Å². The summed E-state index contributed by atoms with van der Waals surface area (Å²) in [6.07, 6.45) is 2.08. The quantitative estimate of drug-likeness (QED) is 0.712. The molecule has 3 N–H and O–H groups in total. The first-order chi connectivity index (χ1) is 9.99. The number of hydrogen-bond donors (Lipinski definition) is 3. The Labute approximate surface area is 124 Å². The molecule has 1 aromatic heterocycles. The summed E-state index contributed by atoms with van der Waals surface area (Å²) in [5.41, 5.74) is 0.574. The Hall–Kier alpha value is -1.93. The van der Waals surface area contributed by atoms with E-state index < -0.39 is 10.0 Å². The molecule has 1 heterocycles. The molecule has 0 atom stereocenters. The van der Waals surface area contributed by atoms with Crippen LogP contribution in [0.4, 0.5) is 5.69 Å². The molecule has 0 aliphatic rings. The van der Waals surface area contributed by atoms with E-state index in [1.807, 2.05) is 0 Å². The molecule has 0 saturated heterocycles. The summed E-state index contributed by atoms with van der Waals surface area (Å²) < 4.78 is 27.1. The highest BCUT2D eigenvalue weighted by molar-refractivity contribution is 7.89. The molecule has 21 heavy (non-hydrogen) atoms. The number of rotatable bonds is 7. The lowest BCUT2D eigenvalue weighted by Gasteiger charge is -2.14. The molecule has 1 aromatic carbocycles. The summed E-state index contributed by atoms with van der Waals surface area (Å²) in [4.78, 5) is 4.27. The largest absolute Gasteiger partial charge is 0.383 e. The molecule has 0 aliphatic carbocycles. The van der Waals surface area contributed by atoms with Crippen molar-refractivity contribution in [2.24, 2.45) is 0 Å². The van der Waals surface area contributed by atoms with Crippen molar-refractivity contribution in [1.82, 2.24) is 19.9 Å². The van der Waals surface area contributed by atoms with Crippen LogP contribution < -0.4 is 10.0 Å². The van der Waals surface area contributed by atoms with Crippen LogP contribution in [0, 0.1) is 0 Å². The summed E-state index contributed by atoms with van der Waals surface area (Å²) in [6, 6.07) is 6.68. The minimum Gasteiger partial charge on any atom is -0.383 e. The van der Waals surface area contributed by atoms with Gasteiger partial charge in [0.05, 0.1) is 5.69 Å². The predicted molar refractivity (Wildman–Crippen MR) is 80.5 cm³/mol. The van der Waals surface area contributed by atoms with Crippen LogP contribution >= 0.6 is 0 Å². The van der Waals surface area contributed by atoms with Gasteiger partial charge in [0, 0.05) is 19.0 Å². The second kappa shape index (κ2) is 6.68. The fourth-order valence-corrected chi connectivity index (χ4v) is 3.32. The molecule has 0 amide bonds. The van der Waals surface area contributed by atoms with Crippen LogP contribution in [0.25, 0.3) is 0 Å². The maximum absolute atomic E-state index is 12.3. The molecule has 8 heteroatoms. The molecule has 0 fully saturated rings. The fraction of sp³-hybridized carbons (Fsp3) is 0.385. The van der Waals surface area contributed by atoms with Gasteiger partial charge in [-0.1, -0.05) is 12.1 Å². The number of para-hydroxylation sites is 1. The van der Waals surface area contributed by atoms with E-state index in [2.05, 4.69) is 25.2 Å². The van der Waals surface area contributed by atoms with Crippen LogP contribution in [0.3, 0.4) is 0 Å². The van der Waals surface area contributed by atoms with Crippen molar-refractivity contribution in [3.05, 3.63) is 36.4 Å². The summed E-state index contributed by atoms with van der Waals surface area (Å²) in [5.74, 6) is 0.753. The molecule has 7 nitrogen and oxygen atoms in total.